The first-order chi connectivity index (χ1) is 12.4. The summed E-state index contributed by atoms with van der Waals surface area (Å²) in [5, 5.41) is 0.467. The minimum atomic E-state index is -3.75. The molecule has 0 aromatic heterocycles. The molecular formula is C19H21ClN2O3S. The third-order valence-corrected chi connectivity index (χ3v) is 6.13. The van der Waals surface area contributed by atoms with Crippen molar-refractivity contribution in [1.29, 1.82) is 0 Å². The summed E-state index contributed by atoms with van der Waals surface area (Å²) in [6, 6.07) is 11.1. The van der Waals surface area contributed by atoms with Gasteiger partial charge in [0.2, 0.25) is 0 Å². The molecule has 0 unspecified atom stereocenters. The average molecular weight is 393 g/mol. The average Bonchev–Trinajstić information content (AvgIpc) is 2.64. The number of carbonyl (C=O) groups is 1. The zero-order chi connectivity index (χ0) is 18.7. The lowest BCUT2D eigenvalue weighted by atomic mass is 10.1. The van der Waals surface area contributed by atoms with Gasteiger partial charge in [-0.25, -0.2) is 8.42 Å². The summed E-state index contributed by atoms with van der Waals surface area (Å²) in [5.41, 5.74) is 1.65. The van der Waals surface area contributed by atoms with Crippen molar-refractivity contribution in [1.82, 2.24) is 4.90 Å². The third-order valence-electron chi connectivity index (χ3n) is 4.50. The van der Waals surface area contributed by atoms with E-state index >= 15 is 0 Å². The summed E-state index contributed by atoms with van der Waals surface area (Å²) in [6.07, 6.45) is 3.16. The maximum Gasteiger partial charge on any atom is 0.261 e. The molecule has 2 aromatic carbocycles. The van der Waals surface area contributed by atoms with E-state index in [0.717, 1.165) is 37.9 Å². The number of rotatable bonds is 4. The molecule has 1 saturated heterocycles. The Morgan fingerprint density at radius 2 is 1.69 bits per heavy atom. The number of anilines is 1. The van der Waals surface area contributed by atoms with Crippen LogP contribution in [0.1, 0.15) is 35.2 Å². The van der Waals surface area contributed by atoms with Crippen molar-refractivity contribution in [3.63, 3.8) is 0 Å². The summed E-state index contributed by atoms with van der Waals surface area (Å²) in [4.78, 5) is 14.6. The van der Waals surface area contributed by atoms with Crippen LogP contribution < -0.4 is 4.72 Å². The molecule has 0 atom stereocenters. The molecule has 0 aliphatic carbocycles. The van der Waals surface area contributed by atoms with E-state index in [9.17, 15) is 13.2 Å². The molecule has 2 aromatic rings. The van der Waals surface area contributed by atoms with Gasteiger partial charge in [0.15, 0.2) is 0 Å². The van der Waals surface area contributed by atoms with Crippen LogP contribution in [0, 0.1) is 6.92 Å². The fraction of sp³-hybridized carbons (Fsp3) is 0.316. The summed E-state index contributed by atoms with van der Waals surface area (Å²) in [5.74, 6) is -0.0587. The lowest BCUT2D eigenvalue weighted by molar-refractivity contribution is 0.0724. The number of aryl methyl sites for hydroxylation is 1. The number of piperidine rings is 1. The van der Waals surface area contributed by atoms with Gasteiger partial charge in [0.1, 0.15) is 0 Å². The van der Waals surface area contributed by atoms with Crippen LogP contribution in [0.2, 0.25) is 5.02 Å². The molecule has 0 spiro atoms. The van der Waals surface area contributed by atoms with Crippen molar-refractivity contribution >= 4 is 33.2 Å². The Morgan fingerprint density at radius 1 is 1.04 bits per heavy atom. The lowest BCUT2D eigenvalue weighted by Gasteiger charge is -2.27. The monoisotopic (exact) mass is 392 g/mol. The molecule has 1 aliphatic rings. The minimum absolute atomic E-state index is 0.0587. The quantitative estimate of drug-likeness (QED) is 0.852. The van der Waals surface area contributed by atoms with Crippen molar-refractivity contribution in [3.8, 4) is 0 Å². The first kappa shape index (κ1) is 18.7. The Hall–Kier alpha value is -2.05. The van der Waals surface area contributed by atoms with Crippen LogP contribution >= 0.6 is 11.6 Å². The normalized spacial score (nSPS) is 14.9. The van der Waals surface area contributed by atoms with Gasteiger partial charge >= 0.3 is 0 Å². The molecular weight excluding hydrogens is 372 g/mol. The number of carbonyl (C=O) groups excluding carboxylic acids is 1. The van der Waals surface area contributed by atoms with Crippen LogP contribution in [0.25, 0.3) is 0 Å². The molecule has 26 heavy (non-hydrogen) atoms. The van der Waals surface area contributed by atoms with E-state index in [1.54, 1.807) is 25.1 Å². The fourth-order valence-electron chi connectivity index (χ4n) is 2.96. The van der Waals surface area contributed by atoms with Gasteiger partial charge in [0.05, 0.1) is 10.6 Å². The second-order valence-electron chi connectivity index (χ2n) is 6.44. The molecule has 1 heterocycles. The van der Waals surface area contributed by atoms with Crippen molar-refractivity contribution in [2.24, 2.45) is 0 Å². The Kier molecular flexibility index (Phi) is 5.53. The largest absolute Gasteiger partial charge is 0.339 e. The van der Waals surface area contributed by atoms with Crippen LogP contribution in [0.4, 0.5) is 5.69 Å². The number of hydrogen-bond acceptors (Lipinski definition) is 3. The van der Waals surface area contributed by atoms with Gasteiger partial charge in [-0.3, -0.25) is 9.52 Å². The highest BCUT2D eigenvalue weighted by Gasteiger charge is 2.20. The Balaban J connectivity index is 1.85. The topological polar surface area (TPSA) is 66.5 Å². The van der Waals surface area contributed by atoms with E-state index in [2.05, 4.69) is 4.72 Å². The smallest absolute Gasteiger partial charge is 0.261 e. The lowest BCUT2D eigenvalue weighted by Crippen LogP contribution is -2.35. The molecule has 0 radical (unpaired) electrons. The number of halogens is 1. The molecule has 5 nitrogen and oxygen atoms in total. The number of benzene rings is 2. The molecule has 138 valence electrons. The van der Waals surface area contributed by atoms with Gasteiger partial charge in [0, 0.05) is 23.7 Å². The van der Waals surface area contributed by atoms with Crippen LogP contribution in [-0.2, 0) is 10.0 Å². The van der Waals surface area contributed by atoms with Crippen molar-refractivity contribution in [3.05, 3.63) is 58.6 Å². The van der Waals surface area contributed by atoms with Crippen LogP contribution in [-0.4, -0.2) is 32.3 Å². The molecule has 0 bridgehead atoms. The van der Waals surface area contributed by atoms with E-state index < -0.39 is 10.0 Å². The first-order valence-electron chi connectivity index (χ1n) is 8.55. The Morgan fingerprint density at radius 3 is 2.35 bits per heavy atom. The fourth-order valence-corrected chi connectivity index (χ4v) is 4.21. The highest BCUT2D eigenvalue weighted by atomic mass is 35.5. The van der Waals surface area contributed by atoms with E-state index in [1.807, 2.05) is 4.90 Å². The summed E-state index contributed by atoms with van der Waals surface area (Å²) < 4.78 is 27.8. The molecule has 7 heteroatoms. The number of sulfonamides is 1. The molecule has 1 fully saturated rings. The second-order valence-corrected chi connectivity index (χ2v) is 8.56. The molecule has 1 aliphatic heterocycles. The van der Waals surface area contributed by atoms with Gasteiger partial charge in [-0.15, -0.1) is 0 Å². The summed E-state index contributed by atoms with van der Waals surface area (Å²) >= 11 is 5.82. The SMILES string of the molecule is Cc1ccc(C(=O)N2CCCCC2)cc1NS(=O)(=O)c1ccc(Cl)cc1. The van der Waals surface area contributed by atoms with Gasteiger partial charge in [-0.2, -0.15) is 0 Å². The summed E-state index contributed by atoms with van der Waals surface area (Å²) in [7, 11) is -3.75. The van der Waals surface area contributed by atoms with Crippen LogP contribution in [0.3, 0.4) is 0 Å². The molecule has 1 N–H and O–H groups in total. The van der Waals surface area contributed by atoms with Crippen LogP contribution in [0.15, 0.2) is 47.4 Å². The van der Waals surface area contributed by atoms with E-state index in [1.165, 1.54) is 24.3 Å². The second kappa shape index (κ2) is 7.68. The first-order valence-corrected chi connectivity index (χ1v) is 10.4. The van der Waals surface area contributed by atoms with E-state index in [4.69, 9.17) is 11.6 Å². The number of hydrogen-bond donors (Lipinski definition) is 1. The van der Waals surface area contributed by atoms with Crippen molar-refractivity contribution < 1.29 is 13.2 Å². The van der Waals surface area contributed by atoms with Crippen molar-refractivity contribution in [2.75, 3.05) is 17.8 Å². The third kappa shape index (κ3) is 4.19. The standard InChI is InChI=1S/C19H21ClN2O3S/c1-14-5-6-15(19(23)22-11-3-2-4-12-22)13-18(14)21-26(24,25)17-9-7-16(20)8-10-17/h5-10,13,21H,2-4,11-12H2,1H3. The molecule has 1 amide bonds. The number of amides is 1. The number of likely N-dealkylation sites (tertiary alicyclic amines) is 1. The number of nitrogens with one attached hydrogen (secondary N) is 1. The zero-order valence-electron chi connectivity index (χ0n) is 14.5. The van der Waals surface area contributed by atoms with Crippen molar-refractivity contribution in [2.45, 2.75) is 31.1 Å². The highest BCUT2D eigenvalue weighted by molar-refractivity contribution is 7.92. The summed E-state index contributed by atoms with van der Waals surface area (Å²) in [6.45, 7) is 3.30. The van der Waals surface area contributed by atoms with E-state index in [0.29, 0.717) is 16.3 Å². The minimum Gasteiger partial charge on any atom is -0.339 e. The highest BCUT2D eigenvalue weighted by Crippen LogP contribution is 2.23. The zero-order valence-corrected chi connectivity index (χ0v) is 16.1. The van der Waals surface area contributed by atoms with Gasteiger partial charge in [-0.1, -0.05) is 17.7 Å². The van der Waals surface area contributed by atoms with Gasteiger partial charge in [-0.05, 0) is 68.1 Å². The van der Waals surface area contributed by atoms with Crippen LogP contribution in [0.5, 0.6) is 0 Å². The maximum absolute atomic E-state index is 12.7. The van der Waals surface area contributed by atoms with Gasteiger partial charge in [0.25, 0.3) is 15.9 Å². The predicted molar refractivity (Wildman–Crippen MR) is 103 cm³/mol. The van der Waals surface area contributed by atoms with E-state index in [-0.39, 0.29) is 10.8 Å². The molecule has 0 saturated carbocycles. The Labute approximate surface area is 159 Å². The molecule has 3 rings (SSSR count). The van der Waals surface area contributed by atoms with Gasteiger partial charge < -0.3 is 4.90 Å². The maximum atomic E-state index is 12.7. The number of nitrogens with zero attached hydrogens (tertiary/aromatic N) is 1. The predicted octanol–water partition coefficient (Wildman–Crippen LogP) is 4.08. The Bertz CT molecular complexity index is 905.